The van der Waals surface area contributed by atoms with Crippen LogP contribution in [0.1, 0.15) is 11.1 Å². The average molecular weight is 263 g/mol. The lowest BCUT2D eigenvalue weighted by Gasteiger charge is -2.06. The van der Waals surface area contributed by atoms with E-state index >= 15 is 0 Å². The summed E-state index contributed by atoms with van der Waals surface area (Å²) < 4.78 is 27.1. The Bertz CT molecular complexity index is 787. The van der Waals surface area contributed by atoms with Crippen LogP contribution in [0.25, 0.3) is 0 Å². The van der Waals surface area contributed by atoms with Crippen LogP contribution >= 0.6 is 0 Å². The lowest BCUT2D eigenvalue weighted by molar-refractivity contribution is 0.562. The third-order valence-corrected chi connectivity index (χ3v) is 2.49. The van der Waals surface area contributed by atoms with Gasteiger partial charge in [-0.15, -0.1) is 0 Å². The zero-order chi connectivity index (χ0) is 14.0. The first kappa shape index (κ1) is 12.7. The van der Waals surface area contributed by atoms with Crippen molar-refractivity contribution in [2.45, 2.75) is 6.54 Å². The second-order valence-electron chi connectivity index (χ2n) is 3.78. The van der Waals surface area contributed by atoms with Crippen LogP contribution in [0.4, 0.5) is 8.78 Å². The number of rotatable bonds is 2. The number of aromatic amines is 1. The predicted molar refractivity (Wildman–Crippen MR) is 61.5 cm³/mol. The van der Waals surface area contributed by atoms with Gasteiger partial charge in [-0.1, -0.05) is 6.07 Å². The van der Waals surface area contributed by atoms with Crippen molar-refractivity contribution in [2.75, 3.05) is 0 Å². The van der Waals surface area contributed by atoms with Crippen LogP contribution in [-0.4, -0.2) is 9.55 Å². The number of nitrogens with zero attached hydrogens (tertiary/aromatic N) is 2. The molecule has 1 aromatic carbocycles. The molecule has 0 spiro atoms. The first-order chi connectivity index (χ1) is 9.01. The largest absolute Gasteiger partial charge is 0.328 e. The highest BCUT2D eigenvalue weighted by Crippen LogP contribution is 2.10. The van der Waals surface area contributed by atoms with Crippen molar-refractivity contribution >= 4 is 0 Å². The Morgan fingerprint density at radius 3 is 2.68 bits per heavy atom. The highest BCUT2D eigenvalue weighted by atomic mass is 19.1. The number of hydrogen-bond acceptors (Lipinski definition) is 3. The van der Waals surface area contributed by atoms with Gasteiger partial charge in [0, 0.05) is 17.8 Å². The molecule has 1 N–H and O–H groups in total. The van der Waals surface area contributed by atoms with Crippen molar-refractivity contribution in [1.82, 2.24) is 9.55 Å². The Morgan fingerprint density at radius 1 is 1.32 bits per heavy atom. The number of nitrogens with one attached hydrogen (secondary N) is 1. The molecule has 96 valence electrons. The van der Waals surface area contributed by atoms with E-state index in [-0.39, 0.29) is 17.7 Å². The lowest BCUT2D eigenvalue weighted by atomic mass is 10.2. The molecule has 5 nitrogen and oxygen atoms in total. The number of nitriles is 1. The Balaban J connectivity index is 2.47. The van der Waals surface area contributed by atoms with Crippen LogP contribution in [0.3, 0.4) is 0 Å². The van der Waals surface area contributed by atoms with Crippen LogP contribution in [0.2, 0.25) is 0 Å². The van der Waals surface area contributed by atoms with Gasteiger partial charge in [-0.2, -0.15) is 5.26 Å². The monoisotopic (exact) mass is 263 g/mol. The molecule has 0 atom stereocenters. The van der Waals surface area contributed by atoms with E-state index in [0.717, 1.165) is 16.8 Å². The highest BCUT2D eigenvalue weighted by molar-refractivity contribution is 5.23. The van der Waals surface area contributed by atoms with Gasteiger partial charge < -0.3 is 0 Å². The SMILES string of the molecule is N#Cc1cn(Cc2ccc(F)cc2F)c(=O)[nH]c1=O. The molecule has 0 bridgehead atoms. The predicted octanol–water partition coefficient (Wildman–Crippen LogP) is 0.735. The fraction of sp³-hybridized carbons (Fsp3) is 0.0833. The second kappa shape index (κ2) is 4.86. The summed E-state index contributed by atoms with van der Waals surface area (Å²) in [5.74, 6) is -1.54. The Morgan fingerprint density at radius 2 is 2.05 bits per heavy atom. The number of aromatic nitrogens is 2. The summed E-state index contributed by atoms with van der Waals surface area (Å²) in [6.07, 6.45) is 1.03. The Kier molecular flexibility index (Phi) is 3.25. The van der Waals surface area contributed by atoms with Crippen LogP contribution in [-0.2, 0) is 6.54 Å². The van der Waals surface area contributed by atoms with Gasteiger partial charge in [-0.3, -0.25) is 14.3 Å². The third kappa shape index (κ3) is 2.57. The van der Waals surface area contributed by atoms with E-state index in [2.05, 4.69) is 0 Å². The van der Waals surface area contributed by atoms with E-state index in [1.54, 1.807) is 6.07 Å². The molecule has 0 aliphatic carbocycles. The van der Waals surface area contributed by atoms with E-state index in [0.29, 0.717) is 6.07 Å². The number of halogens is 2. The molecular weight excluding hydrogens is 256 g/mol. The molecule has 0 radical (unpaired) electrons. The first-order valence-corrected chi connectivity index (χ1v) is 5.19. The molecule has 0 saturated carbocycles. The van der Waals surface area contributed by atoms with Crippen molar-refractivity contribution in [3.05, 3.63) is 68.0 Å². The molecule has 19 heavy (non-hydrogen) atoms. The molecule has 2 rings (SSSR count). The Hall–Kier alpha value is -2.75. The molecule has 0 unspecified atom stereocenters. The van der Waals surface area contributed by atoms with Gasteiger partial charge in [0.15, 0.2) is 0 Å². The van der Waals surface area contributed by atoms with Gasteiger partial charge in [-0.25, -0.2) is 13.6 Å². The van der Waals surface area contributed by atoms with E-state index < -0.39 is 22.9 Å². The van der Waals surface area contributed by atoms with Crippen molar-refractivity contribution in [3.8, 4) is 6.07 Å². The van der Waals surface area contributed by atoms with Gasteiger partial charge in [-0.05, 0) is 6.07 Å². The molecule has 0 aliphatic heterocycles. The van der Waals surface area contributed by atoms with Crippen LogP contribution < -0.4 is 11.2 Å². The van der Waals surface area contributed by atoms with Crippen molar-refractivity contribution in [1.29, 1.82) is 5.26 Å². The third-order valence-electron chi connectivity index (χ3n) is 2.49. The summed E-state index contributed by atoms with van der Waals surface area (Å²) in [6, 6.07) is 4.55. The molecule has 1 aromatic heterocycles. The maximum absolute atomic E-state index is 13.4. The van der Waals surface area contributed by atoms with E-state index in [1.165, 1.54) is 6.07 Å². The Labute approximate surface area is 105 Å². The minimum Gasteiger partial charge on any atom is -0.295 e. The standard InChI is InChI=1S/C12H7F2N3O2/c13-9-2-1-7(10(14)3-9)5-17-6-8(4-15)11(18)16-12(17)19/h1-3,6H,5H2,(H,16,18,19). The van der Waals surface area contributed by atoms with Gasteiger partial charge >= 0.3 is 5.69 Å². The lowest BCUT2D eigenvalue weighted by Crippen LogP contribution is -2.31. The molecular formula is C12H7F2N3O2. The summed E-state index contributed by atoms with van der Waals surface area (Å²) >= 11 is 0. The normalized spacial score (nSPS) is 10.2. The fourth-order valence-electron chi connectivity index (χ4n) is 1.54. The minimum absolute atomic E-state index is 0.0689. The molecule has 0 saturated heterocycles. The van der Waals surface area contributed by atoms with Crippen LogP contribution in [0.5, 0.6) is 0 Å². The molecule has 0 fully saturated rings. The molecule has 2 aromatic rings. The molecule has 0 amide bonds. The van der Waals surface area contributed by atoms with E-state index in [4.69, 9.17) is 5.26 Å². The maximum Gasteiger partial charge on any atom is 0.328 e. The quantitative estimate of drug-likeness (QED) is 0.867. The maximum atomic E-state index is 13.4. The molecule has 1 heterocycles. The number of H-pyrrole nitrogens is 1. The smallest absolute Gasteiger partial charge is 0.295 e. The van der Waals surface area contributed by atoms with Crippen molar-refractivity contribution in [2.24, 2.45) is 0 Å². The average Bonchev–Trinajstić information content (AvgIpc) is 2.35. The summed E-state index contributed by atoms with van der Waals surface area (Å²) in [4.78, 5) is 24.6. The van der Waals surface area contributed by atoms with Crippen LogP contribution in [0.15, 0.2) is 34.0 Å². The summed E-state index contributed by atoms with van der Waals surface area (Å²) in [5.41, 5.74) is -1.77. The van der Waals surface area contributed by atoms with E-state index in [9.17, 15) is 18.4 Å². The number of hydrogen-bond donors (Lipinski definition) is 1. The van der Waals surface area contributed by atoms with Gasteiger partial charge in [0.1, 0.15) is 23.3 Å². The summed E-state index contributed by atoms with van der Waals surface area (Å²) in [6.45, 7) is -0.212. The number of benzene rings is 1. The van der Waals surface area contributed by atoms with E-state index in [1.807, 2.05) is 4.98 Å². The van der Waals surface area contributed by atoms with Crippen molar-refractivity contribution in [3.63, 3.8) is 0 Å². The van der Waals surface area contributed by atoms with Crippen molar-refractivity contribution < 1.29 is 8.78 Å². The van der Waals surface area contributed by atoms with Gasteiger partial charge in [0.2, 0.25) is 0 Å². The van der Waals surface area contributed by atoms with Gasteiger partial charge in [0.05, 0.1) is 6.54 Å². The molecule has 7 heteroatoms. The zero-order valence-corrected chi connectivity index (χ0v) is 9.48. The second-order valence-corrected chi connectivity index (χ2v) is 3.78. The zero-order valence-electron chi connectivity index (χ0n) is 9.48. The highest BCUT2D eigenvalue weighted by Gasteiger charge is 2.08. The topological polar surface area (TPSA) is 78.7 Å². The summed E-state index contributed by atoms with van der Waals surface area (Å²) in [7, 11) is 0. The summed E-state index contributed by atoms with van der Waals surface area (Å²) in [5, 5.41) is 8.68. The fourth-order valence-corrected chi connectivity index (χ4v) is 1.54. The molecule has 0 aliphatic rings. The minimum atomic E-state index is -0.809. The van der Waals surface area contributed by atoms with Crippen LogP contribution in [0, 0.1) is 23.0 Å². The van der Waals surface area contributed by atoms with Gasteiger partial charge in [0.25, 0.3) is 5.56 Å². The first-order valence-electron chi connectivity index (χ1n) is 5.19.